The van der Waals surface area contributed by atoms with Crippen molar-refractivity contribution in [1.29, 1.82) is 0 Å². The van der Waals surface area contributed by atoms with E-state index in [9.17, 15) is 9.59 Å². The number of aryl methyl sites for hydroxylation is 1. The molecular formula is C26H32N2O4. The van der Waals surface area contributed by atoms with E-state index in [1.165, 1.54) is 0 Å². The lowest BCUT2D eigenvalue weighted by molar-refractivity contribution is -0.141. The topological polar surface area (TPSA) is 59.1 Å². The zero-order chi connectivity index (χ0) is 22.3. The van der Waals surface area contributed by atoms with Crippen molar-refractivity contribution in [2.24, 2.45) is 5.92 Å². The van der Waals surface area contributed by atoms with E-state index in [0.717, 1.165) is 23.3 Å². The molecule has 0 aliphatic carbocycles. The Balaban J connectivity index is 1.44. The zero-order valence-electron chi connectivity index (χ0n) is 18.7. The highest BCUT2D eigenvalue weighted by atomic mass is 16.5. The zero-order valence-corrected chi connectivity index (χ0v) is 18.7. The molecule has 2 aromatic carbocycles. The number of rotatable bonds is 6. The minimum absolute atomic E-state index is 0.0416. The van der Waals surface area contributed by atoms with Gasteiger partial charge in [-0.15, -0.1) is 0 Å². The number of ether oxygens (including phenoxy) is 2. The maximum absolute atomic E-state index is 13.1. The summed E-state index contributed by atoms with van der Waals surface area (Å²) >= 11 is 0. The molecule has 0 N–H and O–H groups in total. The lowest BCUT2D eigenvalue weighted by atomic mass is 9.90. The van der Waals surface area contributed by atoms with Crippen LogP contribution < -0.4 is 4.74 Å². The smallest absolute Gasteiger partial charge is 0.227 e. The molecule has 0 bridgehead atoms. The summed E-state index contributed by atoms with van der Waals surface area (Å²) in [6.07, 6.45) is 1.40. The summed E-state index contributed by atoms with van der Waals surface area (Å²) in [4.78, 5) is 29.9. The van der Waals surface area contributed by atoms with Gasteiger partial charge in [-0.1, -0.05) is 42.5 Å². The Labute approximate surface area is 190 Å². The van der Waals surface area contributed by atoms with Crippen LogP contribution in [0.2, 0.25) is 0 Å². The number of para-hydroxylation sites is 1. The molecule has 2 saturated heterocycles. The van der Waals surface area contributed by atoms with E-state index < -0.39 is 0 Å². The van der Waals surface area contributed by atoms with Crippen molar-refractivity contribution in [1.82, 2.24) is 9.80 Å². The number of morpholine rings is 1. The second-order valence-electron chi connectivity index (χ2n) is 8.66. The molecular weight excluding hydrogens is 404 g/mol. The molecule has 6 heteroatoms. The molecule has 0 unspecified atom stereocenters. The fourth-order valence-electron chi connectivity index (χ4n) is 4.51. The largest absolute Gasteiger partial charge is 0.490 e. The van der Waals surface area contributed by atoms with Gasteiger partial charge in [0.15, 0.2) is 0 Å². The molecule has 6 nitrogen and oxygen atoms in total. The average Bonchev–Trinajstić information content (AvgIpc) is 2.83. The molecule has 0 saturated carbocycles. The highest BCUT2D eigenvalue weighted by Gasteiger charge is 2.35. The van der Waals surface area contributed by atoms with Crippen molar-refractivity contribution in [3.8, 4) is 5.75 Å². The molecule has 2 aromatic rings. The molecule has 2 atom stereocenters. The van der Waals surface area contributed by atoms with Crippen molar-refractivity contribution in [2.45, 2.75) is 32.3 Å². The monoisotopic (exact) mass is 436 g/mol. The Morgan fingerprint density at radius 1 is 0.938 bits per heavy atom. The van der Waals surface area contributed by atoms with Gasteiger partial charge in [0.2, 0.25) is 11.8 Å². The van der Waals surface area contributed by atoms with Gasteiger partial charge < -0.3 is 19.3 Å². The molecule has 170 valence electrons. The Bertz CT molecular complexity index is 911. The minimum Gasteiger partial charge on any atom is -0.490 e. The maximum Gasteiger partial charge on any atom is 0.227 e. The lowest BCUT2D eigenvalue weighted by Crippen LogP contribution is -2.50. The molecule has 2 amide bonds. The second kappa shape index (κ2) is 10.6. The second-order valence-corrected chi connectivity index (χ2v) is 8.66. The molecule has 0 aromatic heterocycles. The third-order valence-electron chi connectivity index (χ3n) is 6.45. The molecule has 2 aliphatic rings. The number of hydrogen-bond donors (Lipinski definition) is 0. The predicted octanol–water partition coefficient (Wildman–Crippen LogP) is 3.08. The van der Waals surface area contributed by atoms with E-state index in [0.29, 0.717) is 52.2 Å². The fraction of sp³-hybridized carbons (Fsp3) is 0.462. The summed E-state index contributed by atoms with van der Waals surface area (Å²) in [7, 11) is 0. The van der Waals surface area contributed by atoms with E-state index in [4.69, 9.17) is 9.47 Å². The van der Waals surface area contributed by atoms with E-state index in [1.54, 1.807) is 0 Å². The van der Waals surface area contributed by atoms with Crippen LogP contribution in [0, 0.1) is 12.8 Å². The van der Waals surface area contributed by atoms with Crippen LogP contribution >= 0.6 is 0 Å². The van der Waals surface area contributed by atoms with Crippen molar-refractivity contribution >= 4 is 11.8 Å². The van der Waals surface area contributed by atoms with Crippen molar-refractivity contribution < 1.29 is 19.1 Å². The van der Waals surface area contributed by atoms with Gasteiger partial charge in [-0.05, 0) is 30.2 Å². The van der Waals surface area contributed by atoms with Crippen LogP contribution in [0.4, 0.5) is 0 Å². The Kier molecular flexibility index (Phi) is 7.43. The Morgan fingerprint density at radius 2 is 1.66 bits per heavy atom. The number of carbonyl (C=O) groups excluding carboxylic acids is 2. The summed E-state index contributed by atoms with van der Waals surface area (Å²) in [5.41, 5.74) is 2.18. The van der Waals surface area contributed by atoms with Gasteiger partial charge in [-0.2, -0.15) is 0 Å². The van der Waals surface area contributed by atoms with Crippen molar-refractivity contribution in [2.75, 3.05) is 39.4 Å². The van der Waals surface area contributed by atoms with Gasteiger partial charge in [0.1, 0.15) is 11.9 Å². The van der Waals surface area contributed by atoms with Gasteiger partial charge in [0.25, 0.3) is 0 Å². The summed E-state index contributed by atoms with van der Waals surface area (Å²) in [5, 5.41) is 0. The first-order chi connectivity index (χ1) is 15.6. The van der Waals surface area contributed by atoms with E-state index in [2.05, 4.69) is 0 Å². The molecule has 0 spiro atoms. The van der Waals surface area contributed by atoms with E-state index in [-0.39, 0.29) is 23.8 Å². The number of likely N-dealkylation sites (tertiary alicyclic amines) is 1. The number of nitrogens with zero attached hydrogens (tertiary/aromatic N) is 2. The van der Waals surface area contributed by atoms with Crippen LogP contribution in [0.5, 0.6) is 5.75 Å². The summed E-state index contributed by atoms with van der Waals surface area (Å²) in [5.74, 6) is 0.996. The number of carbonyl (C=O) groups is 2. The molecule has 4 rings (SSSR count). The van der Waals surface area contributed by atoms with Crippen LogP contribution in [0.15, 0.2) is 54.6 Å². The van der Waals surface area contributed by atoms with Gasteiger partial charge in [-0.3, -0.25) is 9.59 Å². The number of benzene rings is 2. The minimum atomic E-state index is -0.0927. The fourth-order valence-corrected chi connectivity index (χ4v) is 4.51. The van der Waals surface area contributed by atoms with Crippen molar-refractivity contribution in [3.63, 3.8) is 0 Å². The van der Waals surface area contributed by atoms with E-state index in [1.807, 2.05) is 71.3 Å². The first kappa shape index (κ1) is 22.3. The van der Waals surface area contributed by atoms with Crippen LogP contribution in [0.1, 0.15) is 24.0 Å². The number of amides is 2. The number of piperidine rings is 1. The Hall–Kier alpha value is -2.86. The standard InChI is InChI=1S/C26H32N2O4/c1-20-7-5-6-8-21(20)17-26(30)28-12-11-24(32-23-9-3-2-4-10-23)22(19-28)18-25(29)27-13-15-31-16-14-27/h2-10,22,24H,11-19H2,1H3/t22-,24-/m0/s1. The molecule has 2 aliphatic heterocycles. The summed E-state index contributed by atoms with van der Waals surface area (Å²) < 4.78 is 11.7. The third kappa shape index (κ3) is 5.68. The van der Waals surface area contributed by atoms with Gasteiger partial charge in [-0.25, -0.2) is 0 Å². The van der Waals surface area contributed by atoms with Gasteiger partial charge in [0, 0.05) is 44.9 Å². The molecule has 32 heavy (non-hydrogen) atoms. The molecule has 0 radical (unpaired) electrons. The SMILES string of the molecule is Cc1ccccc1CC(=O)N1CC[C@H](Oc2ccccc2)[C@@H](CC(=O)N2CCOCC2)C1. The summed E-state index contributed by atoms with van der Waals surface area (Å²) in [6.45, 7) is 5.65. The van der Waals surface area contributed by atoms with Gasteiger partial charge in [0.05, 0.1) is 19.6 Å². The molecule has 2 fully saturated rings. The van der Waals surface area contributed by atoms with E-state index >= 15 is 0 Å². The first-order valence-electron chi connectivity index (χ1n) is 11.5. The predicted molar refractivity (Wildman–Crippen MR) is 122 cm³/mol. The maximum atomic E-state index is 13.1. The van der Waals surface area contributed by atoms with Crippen molar-refractivity contribution in [3.05, 3.63) is 65.7 Å². The summed E-state index contributed by atoms with van der Waals surface area (Å²) in [6, 6.07) is 17.7. The average molecular weight is 437 g/mol. The molecule has 2 heterocycles. The van der Waals surface area contributed by atoms with Crippen LogP contribution in [-0.2, 0) is 20.7 Å². The number of hydrogen-bond acceptors (Lipinski definition) is 4. The lowest BCUT2D eigenvalue weighted by Gasteiger charge is -2.39. The van der Waals surface area contributed by atoms with Gasteiger partial charge >= 0.3 is 0 Å². The highest BCUT2D eigenvalue weighted by molar-refractivity contribution is 5.80. The highest BCUT2D eigenvalue weighted by Crippen LogP contribution is 2.27. The van der Waals surface area contributed by atoms with Crippen LogP contribution in [-0.4, -0.2) is 67.1 Å². The third-order valence-corrected chi connectivity index (χ3v) is 6.45. The Morgan fingerprint density at radius 3 is 2.41 bits per heavy atom. The van der Waals surface area contributed by atoms with Crippen LogP contribution in [0.25, 0.3) is 0 Å². The normalized spacial score (nSPS) is 21.3. The quantitative estimate of drug-likeness (QED) is 0.698. The first-order valence-corrected chi connectivity index (χ1v) is 11.5. The van der Waals surface area contributed by atoms with Crippen LogP contribution in [0.3, 0.4) is 0 Å².